The number of nitrogens with zero attached hydrogens (tertiary/aromatic N) is 3. The molecule has 9 heteroatoms. The molecule has 1 aromatic rings. The largest absolute Gasteiger partial charge is 0.496 e. The predicted octanol–water partition coefficient (Wildman–Crippen LogP) is 1.23. The molecule has 2 unspecified atom stereocenters. The van der Waals surface area contributed by atoms with Crippen molar-refractivity contribution in [3.05, 3.63) is 29.8 Å². The third-order valence-corrected chi connectivity index (χ3v) is 6.15. The Morgan fingerprint density at radius 1 is 1.19 bits per heavy atom. The highest BCUT2D eigenvalue weighted by Crippen LogP contribution is 2.20. The number of carbonyl (C=O) groups excluding carboxylic acids is 2. The van der Waals surface area contributed by atoms with Crippen LogP contribution >= 0.6 is 0 Å². The van der Waals surface area contributed by atoms with E-state index in [2.05, 4.69) is 10.2 Å². The Labute approximate surface area is 190 Å². The Balaban J connectivity index is 0.00000363. The minimum absolute atomic E-state index is 0. The maximum absolute atomic E-state index is 12.8. The van der Waals surface area contributed by atoms with Gasteiger partial charge < -0.3 is 30.1 Å². The minimum atomic E-state index is -0.142. The van der Waals surface area contributed by atoms with Crippen LogP contribution in [-0.2, 0) is 4.74 Å². The Hall–Kier alpha value is -2.36. The van der Waals surface area contributed by atoms with Gasteiger partial charge in [-0.25, -0.2) is 4.79 Å². The van der Waals surface area contributed by atoms with E-state index in [0.717, 1.165) is 52.0 Å². The number of carbonyl (C=O) groups is 2. The lowest BCUT2D eigenvalue weighted by Crippen LogP contribution is -2.56. The molecule has 2 aliphatic heterocycles. The van der Waals surface area contributed by atoms with E-state index in [4.69, 9.17) is 9.47 Å². The van der Waals surface area contributed by atoms with Crippen LogP contribution < -0.4 is 10.1 Å². The lowest BCUT2D eigenvalue weighted by Gasteiger charge is -2.39. The number of piperidine rings is 1. The van der Waals surface area contributed by atoms with E-state index >= 15 is 0 Å². The fourth-order valence-corrected chi connectivity index (χ4v) is 4.35. The molecule has 0 radical (unpaired) electrons. The highest BCUT2D eigenvalue weighted by Gasteiger charge is 2.32. The van der Waals surface area contributed by atoms with Crippen molar-refractivity contribution < 1.29 is 24.5 Å². The van der Waals surface area contributed by atoms with Crippen LogP contribution in [0.1, 0.15) is 36.5 Å². The Kier molecular flexibility index (Phi) is 10.2. The number of urea groups is 1. The van der Waals surface area contributed by atoms with Crippen molar-refractivity contribution in [1.29, 1.82) is 0 Å². The summed E-state index contributed by atoms with van der Waals surface area (Å²) in [5, 5.41) is 3.14. The standard InChI is InChI=1S/C23H36N4O4.H2O/c1-4-31-21-17-26(16-15-25(2)23(29)27-12-7-8-13-27)14-11-19(21)24-22(28)18-9-5-6-10-20(18)30-3;/h5-6,9-10,19,21H,4,7-8,11-17H2,1-3H3,(H,24,28);1H2. The second-order valence-corrected chi connectivity index (χ2v) is 8.26. The molecule has 9 nitrogen and oxygen atoms in total. The monoisotopic (exact) mass is 450 g/mol. The van der Waals surface area contributed by atoms with Crippen LogP contribution in [0.15, 0.2) is 24.3 Å². The van der Waals surface area contributed by atoms with Gasteiger partial charge in [0.15, 0.2) is 0 Å². The minimum Gasteiger partial charge on any atom is -0.496 e. The van der Waals surface area contributed by atoms with E-state index in [9.17, 15) is 9.59 Å². The van der Waals surface area contributed by atoms with Crippen molar-refractivity contribution in [3.63, 3.8) is 0 Å². The molecule has 1 aromatic carbocycles. The van der Waals surface area contributed by atoms with Crippen LogP contribution in [0.25, 0.3) is 0 Å². The maximum atomic E-state index is 12.8. The molecule has 0 bridgehead atoms. The average molecular weight is 451 g/mol. The number of benzene rings is 1. The smallest absolute Gasteiger partial charge is 0.319 e. The zero-order valence-electron chi connectivity index (χ0n) is 19.5. The van der Waals surface area contributed by atoms with Crippen molar-refractivity contribution in [2.45, 2.75) is 38.3 Å². The SMILES string of the molecule is CCOC1CN(CCN(C)C(=O)N2CCCC2)CCC1NC(=O)c1ccccc1OC.O. The summed E-state index contributed by atoms with van der Waals surface area (Å²) in [5.74, 6) is 0.424. The molecule has 3 rings (SSSR count). The summed E-state index contributed by atoms with van der Waals surface area (Å²) in [6, 6.07) is 7.31. The van der Waals surface area contributed by atoms with E-state index in [0.29, 0.717) is 24.5 Å². The molecule has 32 heavy (non-hydrogen) atoms. The Bertz CT molecular complexity index is 741. The molecule has 2 atom stereocenters. The number of ether oxygens (including phenoxy) is 2. The third-order valence-electron chi connectivity index (χ3n) is 6.15. The van der Waals surface area contributed by atoms with E-state index in [1.165, 1.54) is 0 Å². The quantitative estimate of drug-likeness (QED) is 0.641. The van der Waals surface area contributed by atoms with Crippen molar-refractivity contribution in [1.82, 2.24) is 20.0 Å². The zero-order chi connectivity index (χ0) is 22.2. The summed E-state index contributed by atoms with van der Waals surface area (Å²) in [6.07, 6.45) is 2.92. The summed E-state index contributed by atoms with van der Waals surface area (Å²) in [4.78, 5) is 31.4. The highest BCUT2D eigenvalue weighted by molar-refractivity contribution is 5.97. The van der Waals surface area contributed by atoms with E-state index in [-0.39, 0.29) is 29.6 Å². The number of rotatable bonds is 8. The van der Waals surface area contributed by atoms with Crippen molar-refractivity contribution >= 4 is 11.9 Å². The first-order valence-corrected chi connectivity index (χ1v) is 11.3. The van der Waals surface area contributed by atoms with Crippen LogP contribution in [0.3, 0.4) is 0 Å². The molecule has 0 saturated carbocycles. The lowest BCUT2D eigenvalue weighted by molar-refractivity contribution is -0.0164. The van der Waals surface area contributed by atoms with Crippen LogP contribution in [0.4, 0.5) is 4.79 Å². The van der Waals surface area contributed by atoms with E-state index in [1.807, 2.05) is 35.9 Å². The molecule has 0 spiro atoms. The number of likely N-dealkylation sites (N-methyl/N-ethyl adjacent to an activating group) is 1. The molecular formula is C23H38N4O5. The first-order chi connectivity index (χ1) is 15.0. The first kappa shape index (κ1) is 25.9. The molecule has 3 N–H and O–H groups in total. The van der Waals surface area contributed by atoms with Crippen LogP contribution in [0.5, 0.6) is 5.75 Å². The van der Waals surface area contributed by atoms with Gasteiger partial charge in [-0.05, 0) is 38.3 Å². The van der Waals surface area contributed by atoms with Crippen LogP contribution in [0.2, 0.25) is 0 Å². The highest BCUT2D eigenvalue weighted by atomic mass is 16.5. The fourth-order valence-electron chi connectivity index (χ4n) is 4.35. The van der Waals surface area contributed by atoms with E-state index < -0.39 is 0 Å². The van der Waals surface area contributed by atoms with Gasteiger partial charge in [0.25, 0.3) is 5.91 Å². The molecule has 2 aliphatic rings. The van der Waals surface area contributed by atoms with Crippen molar-refractivity contribution in [3.8, 4) is 5.75 Å². The first-order valence-electron chi connectivity index (χ1n) is 11.3. The summed E-state index contributed by atoms with van der Waals surface area (Å²) in [7, 11) is 3.44. The molecular weight excluding hydrogens is 412 g/mol. The summed E-state index contributed by atoms with van der Waals surface area (Å²) >= 11 is 0. The normalized spacial score (nSPS) is 21.0. The van der Waals surface area contributed by atoms with Crippen molar-refractivity contribution in [2.75, 3.05) is 60.0 Å². The van der Waals surface area contributed by atoms with Crippen molar-refractivity contribution in [2.24, 2.45) is 0 Å². The van der Waals surface area contributed by atoms with Gasteiger partial charge in [0.05, 0.1) is 24.8 Å². The predicted molar refractivity (Wildman–Crippen MR) is 123 cm³/mol. The Morgan fingerprint density at radius 2 is 1.91 bits per heavy atom. The average Bonchev–Trinajstić information content (AvgIpc) is 3.33. The van der Waals surface area contributed by atoms with Gasteiger partial charge in [-0.2, -0.15) is 0 Å². The number of para-hydroxylation sites is 1. The number of nitrogens with one attached hydrogen (secondary N) is 1. The number of hydrogen-bond acceptors (Lipinski definition) is 5. The number of methoxy groups -OCH3 is 1. The molecule has 2 saturated heterocycles. The van der Waals surface area contributed by atoms with Gasteiger partial charge in [-0.3, -0.25) is 9.69 Å². The Morgan fingerprint density at radius 3 is 2.59 bits per heavy atom. The van der Waals surface area contributed by atoms with Crippen LogP contribution in [0, 0.1) is 0 Å². The molecule has 3 amide bonds. The van der Waals surface area contributed by atoms with Gasteiger partial charge >= 0.3 is 6.03 Å². The third kappa shape index (κ3) is 6.57. The lowest BCUT2D eigenvalue weighted by atomic mass is 10.0. The van der Waals surface area contributed by atoms with Crippen LogP contribution in [-0.4, -0.2) is 104 Å². The summed E-state index contributed by atoms with van der Waals surface area (Å²) < 4.78 is 11.3. The van der Waals surface area contributed by atoms with Gasteiger partial charge in [0.2, 0.25) is 0 Å². The van der Waals surface area contributed by atoms with Gasteiger partial charge in [0, 0.05) is 52.9 Å². The second-order valence-electron chi connectivity index (χ2n) is 8.26. The molecule has 0 aliphatic carbocycles. The molecule has 0 aromatic heterocycles. The fraction of sp³-hybridized carbons (Fsp3) is 0.652. The maximum Gasteiger partial charge on any atom is 0.319 e. The van der Waals surface area contributed by atoms with Gasteiger partial charge in [-0.1, -0.05) is 12.1 Å². The number of likely N-dealkylation sites (tertiary alicyclic amines) is 2. The molecule has 2 heterocycles. The summed E-state index contributed by atoms with van der Waals surface area (Å²) in [6.45, 7) is 7.37. The summed E-state index contributed by atoms with van der Waals surface area (Å²) in [5.41, 5.74) is 0.532. The second kappa shape index (κ2) is 12.6. The van der Waals surface area contributed by atoms with Gasteiger partial charge in [0.1, 0.15) is 5.75 Å². The molecule has 180 valence electrons. The number of hydrogen-bond donors (Lipinski definition) is 1. The molecule has 2 fully saturated rings. The zero-order valence-corrected chi connectivity index (χ0v) is 19.5. The van der Waals surface area contributed by atoms with E-state index in [1.54, 1.807) is 19.2 Å². The number of amides is 3. The topological polar surface area (TPSA) is 106 Å². The van der Waals surface area contributed by atoms with Gasteiger partial charge in [-0.15, -0.1) is 0 Å².